The second kappa shape index (κ2) is 8.96. The summed E-state index contributed by atoms with van der Waals surface area (Å²) in [5.74, 6) is 2.16. The molecule has 0 spiro atoms. The summed E-state index contributed by atoms with van der Waals surface area (Å²) in [6.45, 7) is 2.70. The van der Waals surface area contributed by atoms with E-state index in [2.05, 4.69) is 50.4 Å². The summed E-state index contributed by atoms with van der Waals surface area (Å²) >= 11 is 3.52. The Labute approximate surface area is 161 Å². The molecule has 2 aromatic carbocycles. The van der Waals surface area contributed by atoms with Crippen molar-refractivity contribution in [1.29, 1.82) is 0 Å². The van der Waals surface area contributed by atoms with Crippen LogP contribution in [0.1, 0.15) is 42.2 Å². The van der Waals surface area contributed by atoms with E-state index in [-0.39, 0.29) is 6.04 Å². The van der Waals surface area contributed by atoms with E-state index in [1.165, 1.54) is 0 Å². The molecule has 1 atom stereocenters. The Bertz CT molecular complexity index is 836. The Hall–Kier alpha value is -2.18. The highest BCUT2D eigenvalue weighted by atomic mass is 79.9. The standard InChI is InChI=1S/C20H22BrN3O2/c1-3-7-18-23-20(24-26-18)19(14-8-5-4-6-9-14)22-13-15-12-16(21)10-11-17(15)25-2/h4-6,8-12,19,22H,3,7,13H2,1-2H3. The highest BCUT2D eigenvalue weighted by molar-refractivity contribution is 9.10. The highest BCUT2D eigenvalue weighted by Crippen LogP contribution is 2.25. The summed E-state index contributed by atoms with van der Waals surface area (Å²) in [5.41, 5.74) is 2.14. The minimum Gasteiger partial charge on any atom is -0.496 e. The summed E-state index contributed by atoms with van der Waals surface area (Å²) in [5, 5.41) is 7.73. The Balaban J connectivity index is 1.86. The molecule has 1 N–H and O–H groups in total. The van der Waals surface area contributed by atoms with Gasteiger partial charge in [0.25, 0.3) is 0 Å². The Morgan fingerprint density at radius 2 is 2.00 bits per heavy atom. The van der Waals surface area contributed by atoms with Crippen molar-refractivity contribution >= 4 is 15.9 Å². The van der Waals surface area contributed by atoms with Gasteiger partial charge >= 0.3 is 0 Å². The summed E-state index contributed by atoms with van der Waals surface area (Å²) in [4.78, 5) is 4.57. The number of rotatable bonds is 8. The van der Waals surface area contributed by atoms with E-state index in [1.807, 2.05) is 36.4 Å². The minimum atomic E-state index is -0.158. The van der Waals surface area contributed by atoms with Crippen molar-refractivity contribution in [2.75, 3.05) is 7.11 Å². The maximum absolute atomic E-state index is 5.47. The SMILES string of the molecule is CCCc1nc(C(NCc2cc(Br)ccc2OC)c2ccccc2)no1. The van der Waals surface area contributed by atoms with Gasteiger partial charge in [0, 0.05) is 23.0 Å². The second-order valence-corrected chi connectivity index (χ2v) is 6.89. The number of ether oxygens (including phenoxy) is 1. The fourth-order valence-corrected chi connectivity index (χ4v) is 3.21. The molecule has 0 aliphatic carbocycles. The van der Waals surface area contributed by atoms with Gasteiger partial charge in [0.2, 0.25) is 5.89 Å². The predicted molar refractivity (Wildman–Crippen MR) is 104 cm³/mol. The third kappa shape index (κ3) is 4.51. The first-order valence-electron chi connectivity index (χ1n) is 8.64. The van der Waals surface area contributed by atoms with Crippen LogP contribution >= 0.6 is 15.9 Å². The lowest BCUT2D eigenvalue weighted by atomic mass is 10.1. The number of benzene rings is 2. The molecule has 26 heavy (non-hydrogen) atoms. The lowest BCUT2D eigenvalue weighted by Gasteiger charge is -2.17. The molecule has 3 rings (SSSR count). The van der Waals surface area contributed by atoms with Gasteiger partial charge in [-0.05, 0) is 30.2 Å². The zero-order valence-electron chi connectivity index (χ0n) is 14.9. The molecular formula is C20H22BrN3O2. The Morgan fingerprint density at radius 3 is 2.73 bits per heavy atom. The summed E-state index contributed by atoms with van der Waals surface area (Å²) in [7, 11) is 1.68. The van der Waals surface area contributed by atoms with Crippen LogP contribution in [0.5, 0.6) is 5.75 Å². The molecule has 6 heteroatoms. The van der Waals surface area contributed by atoms with Crippen LogP contribution in [-0.2, 0) is 13.0 Å². The van der Waals surface area contributed by atoms with Gasteiger partial charge in [-0.3, -0.25) is 5.32 Å². The van der Waals surface area contributed by atoms with Crippen LogP contribution in [0.25, 0.3) is 0 Å². The van der Waals surface area contributed by atoms with Gasteiger partial charge in [0.15, 0.2) is 5.82 Å². The van der Waals surface area contributed by atoms with Crippen molar-refractivity contribution in [1.82, 2.24) is 15.5 Å². The molecule has 136 valence electrons. The Morgan fingerprint density at radius 1 is 1.19 bits per heavy atom. The first-order chi connectivity index (χ1) is 12.7. The van der Waals surface area contributed by atoms with E-state index in [9.17, 15) is 0 Å². The Kier molecular flexibility index (Phi) is 6.41. The maximum Gasteiger partial charge on any atom is 0.226 e. The number of aromatic nitrogens is 2. The van der Waals surface area contributed by atoms with Gasteiger partial charge in [0.05, 0.1) is 13.2 Å². The molecule has 0 aliphatic heterocycles. The number of hydrogen-bond donors (Lipinski definition) is 1. The van der Waals surface area contributed by atoms with Crippen LogP contribution < -0.4 is 10.1 Å². The average molecular weight is 416 g/mol. The van der Waals surface area contributed by atoms with Gasteiger partial charge < -0.3 is 9.26 Å². The van der Waals surface area contributed by atoms with E-state index >= 15 is 0 Å². The molecule has 1 unspecified atom stereocenters. The minimum absolute atomic E-state index is 0.158. The molecule has 0 amide bonds. The molecule has 0 saturated heterocycles. The van der Waals surface area contributed by atoms with Crippen molar-refractivity contribution in [3.05, 3.63) is 75.8 Å². The number of nitrogens with zero attached hydrogens (tertiary/aromatic N) is 2. The molecular weight excluding hydrogens is 394 g/mol. The molecule has 5 nitrogen and oxygen atoms in total. The van der Waals surface area contributed by atoms with Crippen LogP contribution in [0.3, 0.4) is 0 Å². The lowest BCUT2D eigenvalue weighted by Crippen LogP contribution is -2.23. The summed E-state index contributed by atoms with van der Waals surface area (Å²) in [6.07, 6.45) is 1.76. The quantitative estimate of drug-likeness (QED) is 0.578. The monoisotopic (exact) mass is 415 g/mol. The van der Waals surface area contributed by atoms with Crippen molar-refractivity contribution < 1.29 is 9.26 Å². The predicted octanol–water partition coefficient (Wildman–Crippen LogP) is 4.67. The normalized spacial score (nSPS) is 12.1. The van der Waals surface area contributed by atoms with Crippen molar-refractivity contribution in [3.63, 3.8) is 0 Å². The smallest absolute Gasteiger partial charge is 0.226 e. The largest absolute Gasteiger partial charge is 0.496 e. The van der Waals surface area contributed by atoms with Crippen molar-refractivity contribution in [2.24, 2.45) is 0 Å². The lowest BCUT2D eigenvalue weighted by molar-refractivity contribution is 0.367. The molecule has 0 bridgehead atoms. The summed E-state index contributed by atoms with van der Waals surface area (Å²) < 4.78 is 11.9. The molecule has 0 radical (unpaired) electrons. The van der Waals surface area contributed by atoms with E-state index in [0.717, 1.165) is 34.2 Å². The fourth-order valence-electron chi connectivity index (χ4n) is 2.80. The average Bonchev–Trinajstić information content (AvgIpc) is 3.12. The van der Waals surface area contributed by atoms with Crippen LogP contribution in [0.15, 0.2) is 57.5 Å². The van der Waals surface area contributed by atoms with E-state index < -0.39 is 0 Å². The molecule has 1 aromatic heterocycles. The molecule has 0 fully saturated rings. The van der Waals surface area contributed by atoms with Crippen LogP contribution in [0.4, 0.5) is 0 Å². The topological polar surface area (TPSA) is 60.2 Å². The second-order valence-electron chi connectivity index (χ2n) is 5.98. The molecule has 0 saturated carbocycles. The highest BCUT2D eigenvalue weighted by Gasteiger charge is 2.20. The van der Waals surface area contributed by atoms with Gasteiger partial charge in [-0.1, -0.05) is 58.3 Å². The van der Waals surface area contributed by atoms with Crippen LogP contribution in [0.2, 0.25) is 0 Å². The van der Waals surface area contributed by atoms with E-state index in [4.69, 9.17) is 9.26 Å². The van der Waals surface area contributed by atoms with E-state index in [0.29, 0.717) is 18.3 Å². The van der Waals surface area contributed by atoms with Crippen molar-refractivity contribution in [2.45, 2.75) is 32.4 Å². The van der Waals surface area contributed by atoms with Crippen LogP contribution in [0, 0.1) is 0 Å². The number of hydrogen-bond acceptors (Lipinski definition) is 5. The number of aryl methyl sites for hydroxylation is 1. The zero-order valence-corrected chi connectivity index (χ0v) is 16.5. The molecule has 3 aromatic rings. The van der Waals surface area contributed by atoms with Gasteiger partial charge in [0.1, 0.15) is 5.75 Å². The molecule has 1 heterocycles. The van der Waals surface area contributed by atoms with E-state index in [1.54, 1.807) is 7.11 Å². The number of halogens is 1. The third-order valence-electron chi connectivity index (χ3n) is 4.08. The van der Waals surface area contributed by atoms with Crippen LogP contribution in [-0.4, -0.2) is 17.3 Å². The van der Waals surface area contributed by atoms with Gasteiger partial charge in [-0.15, -0.1) is 0 Å². The fraction of sp³-hybridized carbons (Fsp3) is 0.300. The number of methoxy groups -OCH3 is 1. The third-order valence-corrected chi connectivity index (χ3v) is 4.57. The maximum atomic E-state index is 5.47. The van der Waals surface area contributed by atoms with Crippen molar-refractivity contribution in [3.8, 4) is 5.75 Å². The zero-order chi connectivity index (χ0) is 18.4. The first kappa shape index (κ1) is 18.6. The summed E-state index contributed by atoms with van der Waals surface area (Å²) in [6, 6.07) is 15.9. The van der Waals surface area contributed by atoms with Gasteiger partial charge in [-0.25, -0.2) is 0 Å². The molecule has 0 aliphatic rings. The number of nitrogens with one attached hydrogen (secondary N) is 1. The first-order valence-corrected chi connectivity index (χ1v) is 9.43. The van der Waals surface area contributed by atoms with Gasteiger partial charge in [-0.2, -0.15) is 4.98 Å².